The van der Waals surface area contributed by atoms with Crippen molar-refractivity contribution in [2.24, 2.45) is 10.7 Å². The molecule has 1 unspecified atom stereocenters. The van der Waals surface area contributed by atoms with Crippen LogP contribution in [0.5, 0.6) is 0 Å². The third-order valence-corrected chi connectivity index (χ3v) is 2.83. The van der Waals surface area contributed by atoms with Crippen LogP contribution in [0.15, 0.2) is 29.3 Å². The first-order valence-corrected chi connectivity index (χ1v) is 5.72. The summed E-state index contributed by atoms with van der Waals surface area (Å²) < 4.78 is 0. The van der Waals surface area contributed by atoms with E-state index in [1.807, 2.05) is 43.1 Å². The summed E-state index contributed by atoms with van der Waals surface area (Å²) in [5.74, 6) is 0.551. The summed E-state index contributed by atoms with van der Waals surface area (Å²) in [6.07, 6.45) is 0. The molecule has 0 aliphatic rings. The average Bonchev–Trinajstić information content (AvgIpc) is 2.27. The summed E-state index contributed by atoms with van der Waals surface area (Å²) in [7, 11) is 1.93. The minimum Gasteiger partial charge on any atom is -0.370 e. The first-order chi connectivity index (χ1) is 7.56. The van der Waals surface area contributed by atoms with Gasteiger partial charge in [-0.15, -0.1) is 0 Å². The van der Waals surface area contributed by atoms with E-state index in [2.05, 4.69) is 11.9 Å². The molecule has 0 amide bonds. The molecule has 3 nitrogen and oxygen atoms in total. The molecule has 88 valence electrons. The highest BCUT2D eigenvalue weighted by molar-refractivity contribution is 6.30. The zero-order valence-electron chi connectivity index (χ0n) is 9.94. The van der Waals surface area contributed by atoms with Crippen LogP contribution in [0.3, 0.4) is 0 Å². The number of halogens is 1. The van der Waals surface area contributed by atoms with Crippen LogP contribution in [0.25, 0.3) is 0 Å². The lowest BCUT2D eigenvalue weighted by Crippen LogP contribution is -2.36. The second-order valence-electron chi connectivity index (χ2n) is 3.67. The zero-order valence-corrected chi connectivity index (χ0v) is 10.7. The van der Waals surface area contributed by atoms with Crippen molar-refractivity contribution in [1.82, 2.24) is 4.90 Å². The van der Waals surface area contributed by atoms with Gasteiger partial charge in [0.1, 0.15) is 0 Å². The molecule has 0 spiro atoms. The molecule has 1 atom stereocenters. The average molecular weight is 240 g/mol. The van der Waals surface area contributed by atoms with Crippen molar-refractivity contribution in [3.63, 3.8) is 0 Å². The number of hydrogen-bond donors (Lipinski definition) is 1. The molecule has 1 aromatic rings. The Balaban J connectivity index is 2.85. The SMILES string of the molecule is CCN=C(N)N(C)C(C)c1cccc(Cl)c1. The number of hydrogen-bond acceptors (Lipinski definition) is 1. The maximum Gasteiger partial charge on any atom is 0.191 e. The summed E-state index contributed by atoms with van der Waals surface area (Å²) in [6, 6.07) is 7.94. The van der Waals surface area contributed by atoms with E-state index in [-0.39, 0.29) is 6.04 Å². The van der Waals surface area contributed by atoms with Gasteiger partial charge in [-0.3, -0.25) is 4.99 Å². The van der Waals surface area contributed by atoms with E-state index >= 15 is 0 Å². The molecule has 0 saturated heterocycles. The van der Waals surface area contributed by atoms with Gasteiger partial charge in [0.05, 0.1) is 6.04 Å². The van der Waals surface area contributed by atoms with Crippen LogP contribution < -0.4 is 5.73 Å². The molecule has 2 N–H and O–H groups in total. The normalized spacial score (nSPS) is 13.6. The summed E-state index contributed by atoms with van der Waals surface area (Å²) in [5.41, 5.74) is 6.98. The van der Waals surface area contributed by atoms with Crippen molar-refractivity contribution >= 4 is 17.6 Å². The van der Waals surface area contributed by atoms with Crippen LogP contribution in [0.1, 0.15) is 25.5 Å². The quantitative estimate of drug-likeness (QED) is 0.651. The van der Waals surface area contributed by atoms with E-state index in [4.69, 9.17) is 17.3 Å². The third kappa shape index (κ3) is 3.14. The van der Waals surface area contributed by atoms with Gasteiger partial charge in [-0.2, -0.15) is 0 Å². The van der Waals surface area contributed by atoms with Gasteiger partial charge in [-0.25, -0.2) is 0 Å². The van der Waals surface area contributed by atoms with Crippen LogP contribution >= 0.6 is 11.6 Å². The van der Waals surface area contributed by atoms with Crippen LogP contribution in [0, 0.1) is 0 Å². The molecule has 0 fully saturated rings. The molecule has 0 aliphatic heterocycles. The van der Waals surface area contributed by atoms with Gasteiger partial charge >= 0.3 is 0 Å². The second-order valence-corrected chi connectivity index (χ2v) is 4.11. The predicted octanol–water partition coefficient (Wildman–Crippen LogP) is 2.67. The molecule has 16 heavy (non-hydrogen) atoms. The van der Waals surface area contributed by atoms with Gasteiger partial charge in [0, 0.05) is 18.6 Å². The Morgan fingerprint density at radius 1 is 1.56 bits per heavy atom. The van der Waals surface area contributed by atoms with Crippen LogP contribution in [-0.2, 0) is 0 Å². The van der Waals surface area contributed by atoms with Crippen molar-refractivity contribution < 1.29 is 0 Å². The van der Waals surface area contributed by atoms with Crippen LogP contribution in [0.4, 0.5) is 0 Å². The van der Waals surface area contributed by atoms with Crippen molar-refractivity contribution in [1.29, 1.82) is 0 Å². The first kappa shape index (κ1) is 12.8. The zero-order chi connectivity index (χ0) is 12.1. The van der Waals surface area contributed by atoms with Crippen molar-refractivity contribution in [2.45, 2.75) is 19.9 Å². The molecule has 0 bridgehead atoms. The predicted molar refractivity (Wildman–Crippen MR) is 69.8 cm³/mol. The Morgan fingerprint density at radius 2 is 2.25 bits per heavy atom. The second kappa shape index (κ2) is 5.75. The van der Waals surface area contributed by atoms with E-state index < -0.39 is 0 Å². The van der Waals surface area contributed by atoms with E-state index in [0.29, 0.717) is 12.5 Å². The topological polar surface area (TPSA) is 41.6 Å². The van der Waals surface area contributed by atoms with Crippen molar-refractivity contribution in [3.05, 3.63) is 34.9 Å². The summed E-state index contributed by atoms with van der Waals surface area (Å²) >= 11 is 5.95. The summed E-state index contributed by atoms with van der Waals surface area (Å²) in [6.45, 7) is 4.73. The van der Waals surface area contributed by atoms with Gasteiger partial charge in [-0.05, 0) is 31.5 Å². The molecular formula is C12H18ClN3. The maximum absolute atomic E-state index is 5.95. The summed E-state index contributed by atoms with van der Waals surface area (Å²) in [4.78, 5) is 6.12. The highest BCUT2D eigenvalue weighted by Crippen LogP contribution is 2.21. The highest BCUT2D eigenvalue weighted by atomic mass is 35.5. The number of rotatable bonds is 3. The minimum atomic E-state index is 0.161. The number of aliphatic imine (C=N–C) groups is 1. The van der Waals surface area contributed by atoms with Gasteiger partial charge in [0.25, 0.3) is 0 Å². The molecule has 0 saturated carbocycles. The maximum atomic E-state index is 5.95. The van der Waals surface area contributed by atoms with E-state index in [9.17, 15) is 0 Å². The Morgan fingerprint density at radius 3 is 2.81 bits per heavy atom. The molecule has 1 aromatic carbocycles. The minimum absolute atomic E-state index is 0.161. The standard InChI is InChI=1S/C12H18ClN3/c1-4-15-12(14)16(3)9(2)10-6-5-7-11(13)8-10/h5-9H,4H2,1-3H3,(H2,14,15). The molecular weight excluding hydrogens is 222 g/mol. The van der Waals surface area contributed by atoms with E-state index in [0.717, 1.165) is 10.6 Å². The van der Waals surface area contributed by atoms with E-state index in [1.54, 1.807) is 0 Å². The molecule has 4 heteroatoms. The van der Waals surface area contributed by atoms with Crippen molar-refractivity contribution in [3.8, 4) is 0 Å². The smallest absolute Gasteiger partial charge is 0.191 e. The Bertz CT molecular complexity index is 376. The lowest BCUT2D eigenvalue weighted by molar-refractivity contribution is 0.397. The van der Waals surface area contributed by atoms with Gasteiger partial charge in [-0.1, -0.05) is 23.7 Å². The van der Waals surface area contributed by atoms with Gasteiger partial charge < -0.3 is 10.6 Å². The Kier molecular flexibility index (Phi) is 4.62. The number of nitrogens with zero attached hydrogens (tertiary/aromatic N) is 2. The first-order valence-electron chi connectivity index (χ1n) is 5.34. The van der Waals surface area contributed by atoms with Gasteiger partial charge in [0.2, 0.25) is 0 Å². The fraction of sp³-hybridized carbons (Fsp3) is 0.417. The fourth-order valence-corrected chi connectivity index (χ4v) is 1.66. The number of benzene rings is 1. The van der Waals surface area contributed by atoms with Gasteiger partial charge in [0.15, 0.2) is 5.96 Å². The van der Waals surface area contributed by atoms with Crippen LogP contribution in [-0.4, -0.2) is 24.5 Å². The monoisotopic (exact) mass is 239 g/mol. The summed E-state index contributed by atoms with van der Waals surface area (Å²) in [5, 5.41) is 0.740. The molecule has 0 heterocycles. The van der Waals surface area contributed by atoms with E-state index in [1.165, 1.54) is 0 Å². The van der Waals surface area contributed by atoms with Crippen molar-refractivity contribution in [2.75, 3.05) is 13.6 Å². The molecule has 0 radical (unpaired) electrons. The Labute approximate surface area is 102 Å². The van der Waals surface area contributed by atoms with Crippen LogP contribution in [0.2, 0.25) is 5.02 Å². The lowest BCUT2D eigenvalue weighted by Gasteiger charge is -2.26. The largest absolute Gasteiger partial charge is 0.370 e. The lowest BCUT2D eigenvalue weighted by atomic mass is 10.1. The molecule has 1 rings (SSSR count). The highest BCUT2D eigenvalue weighted by Gasteiger charge is 2.13. The number of nitrogens with two attached hydrogens (primary N) is 1. The molecule has 0 aliphatic carbocycles. The number of guanidine groups is 1. The molecule has 0 aromatic heterocycles. The third-order valence-electron chi connectivity index (χ3n) is 2.59. The fourth-order valence-electron chi connectivity index (χ4n) is 1.46. The Hall–Kier alpha value is -1.22.